The van der Waals surface area contributed by atoms with Gasteiger partial charge < -0.3 is 19.9 Å². The van der Waals surface area contributed by atoms with Crippen molar-refractivity contribution in [1.29, 1.82) is 0 Å². The zero-order valence-corrected chi connectivity index (χ0v) is 19.0. The van der Waals surface area contributed by atoms with Crippen LogP contribution in [0.3, 0.4) is 0 Å². The number of nitrogens with one attached hydrogen (secondary N) is 2. The van der Waals surface area contributed by atoms with E-state index >= 15 is 0 Å². The van der Waals surface area contributed by atoms with E-state index in [1.807, 2.05) is 56.7 Å². The van der Waals surface area contributed by atoms with E-state index in [0.29, 0.717) is 17.1 Å². The number of carbonyl (C=O) groups excluding carboxylic acids is 3. The van der Waals surface area contributed by atoms with Gasteiger partial charge in [-0.1, -0.05) is 30.3 Å². The molecule has 2 aromatic rings. The third kappa shape index (κ3) is 7.27. The quantitative estimate of drug-likeness (QED) is 0.471. The van der Waals surface area contributed by atoms with Crippen LogP contribution in [0.2, 0.25) is 0 Å². The second kappa shape index (κ2) is 10.4. The molecule has 0 aliphatic heterocycles. The highest BCUT2D eigenvalue weighted by molar-refractivity contribution is 7.12. The smallest absolute Gasteiger partial charge is 0.350 e. The summed E-state index contributed by atoms with van der Waals surface area (Å²) in [6.07, 6.45) is -0.242. The van der Waals surface area contributed by atoms with Gasteiger partial charge in [-0.2, -0.15) is 0 Å². The second-order valence-electron chi connectivity index (χ2n) is 8.14. The molecule has 2 amide bonds. The fourth-order valence-electron chi connectivity index (χ4n) is 2.88. The van der Waals surface area contributed by atoms with E-state index in [4.69, 9.17) is 4.74 Å². The zero-order valence-electron chi connectivity index (χ0n) is 18.2. The minimum Gasteiger partial charge on any atom is -0.459 e. The van der Waals surface area contributed by atoms with Gasteiger partial charge in [-0.3, -0.25) is 9.59 Å². The molecular weight excluding hydrogens is 402 g/mol. The molecule has 162 valence electrons. The maximum Gasteiger partial charge on any atom is 0.350 e. The molecule has 7 nitrogen and oxygen atoms in total. The molecule has 8 heteroatoms. The summed E-state index contributed by atoms with van der Waals surface area (Å²) in [5.41, 5.74) is 2.29. The van der Waals surface area contributed by atoms with Crippen LogP contribution >= 0.6 is 11.3 Å². The van der Waals surface area contributed by atoms with E-state index in [0.717, 1.165) is 11.1 Å². The Morgan fingerprint density at radius 1 is 1.07 bits per heavy atom. The maximum atomic E-state index is 12.6. The number of thiophene rings is 1. The number of esters is 1. The Bertz CT molecular complexity index is 891. The Balaban J connectivity index is 1.92. The number of hydrogen-bond donors (Lipinski definition) is 2. The molecule has 0 saturated carbocycles. The van der Waals surface area contributed by atoms with Gasteiger partial charge in [0.25, 0.3) is 11.8 Å². The molecular formula is C22H30N3O4S+. The number of nitrogens with zero attached hydrogens (tertiary/aromatic N) is 1. The molecule has 1 aromatic heterocycles. The highest BCUT2D eigenvalue weighted by Crippen LogP contribution is 2.28. The summed E-state index contributed by atoms with van der Waals surface area (Å²) < 4.78 is 5.43. The van der Waals surface area contributed by atoms with Crippen molar-refractivity contribution in [3.8, 4) is 0 Å². The van der Waals surface area contributed by atoms with Crippen molar-refractivity contribution in [3.05, 3.63) is 51.7 Å². The highest BCUT2D eigenvalue weighted by Gasteiger charge is 2.26. The molecule has 0 spiro atoms. The number of amides is 2. The Hall–Kier alpha value is -2.71. The van der Waals surface area contributed by atoms with Crippen LogP contribution in [0.15, 0.2) is 35.7 Å². The lowest BCUT2D eigenvalue weighted by Gasteiger charge is -2.28. The van der Waals surface area contributed by atoms with Crippen LogP contribution in [-0.2, 0) is 20.9 Å². The molecule has 1 heterocycles. The average Bonchev–Trinajstić information content (AvgIpc) is 3.00. The first-order valence-electron chi connectivity index (χ1n) is 9.79. The molecule has 0 aliphatic carbocycles. The third-order valence-corrected chi connectivity index (χ3v) is 5.32. The largest absolute Gasteiger partial charge is 0.459 e. The van der Waals surface area contributed by atoms with Crippen LogP contribution in [-0.4, -0.2) is 55.6 Å². The van der Waals surface area contributed by atoms with Gasteiger partial charge >= 0.3 is 5.97 Å². The first kappa shape index (κ1) is 23.6. The van der Waals surface area contributed by atoms with E-state index < -0.39 is 5.97 Å². The van der Waals surface area contributed by atoms with Crippen molar-refractivity contribution in [2.45, 2.75) is 33.4 Å². The third-order valence-electron chi connectivity index (χ3n) is 4.24. The van der Waals surface area contributed by atoms with E-state index in [1.54, 1.807) is 13.8 Å². The van der Waals surface area contributed by atoms with E-state index in [1.165, 1.54) is 11.3 Å². The summed E-state index contributed by atoms with van der Waals surface area (Å²) in [5.74, 6) is -0.854. The lowest BCUT2D eigenvalue weighted by Crippen LogP contribution is -2.51. The molecule has 2 N–H and O–H groups in total. The van der Waals surface area contributed by atoms with Gasteiger partial charge in [-0.25, -0.2) is 4.79 Å². The Morgan fingerprint density at radius 2 is 1.70 bits per heavy atom. The number of carbonyl (C=O) groups is 3. The van der Waals surface area contributed by atoms with Gasteiger partial charge in [0.1, 0.15) is 4.88 Å². The molecule has 30 heavy (non-hydrogen) atoms. The maximum absolute atomic E-state index is 12.6. The van der Waals surface area contributed by atoms with Crippen LogP contribution < -0.4 is 10.6 Å². The minimum atomic E-state index is -0.451. The molecule has 1 aromatic carbocycles. The Kier molecular flexibility index (Phi) is 8.14. The van der Waals surface area contributed by atoms with Crippen molar-refractivity contribution in [1.82, 2.24) is 5.32 Å². The fourth-order valence-corrected chi connectivity index (χ4v) is 3.77. The van der Waals surface area contributed by atoms with Crippen LogP contribution in [0.5, 0.6) is 0 Å². The molecule has 0 saturated heterocycles. The number of likely N-dealkylation sites (N-methyl/N-ethyl adjacent to an activating group) is 1. The number of quaternary nitrogens is 1. The number of rotatable bonds is 9. The number of benzene rings is 1. The summed E-state index contributed by atoms with van der Waals surface area (Å²) in [6, 6.07) is 9.65. The summed E-state index contributed by atoms with van der Waals surface area (Å²) in [6.45, 7) is 6.08. The predicted octanol–water partition coefficient (Wildman–Crippen LogP) is 2.95. The Morgan fingerprint density at radius 3 is 2.33 bits per heavy atom. The summed E-state index contributed by atoms with van der Waals surface area (Å²) in [5, 5.41) is 7.51. The van der Waals surface area contributed by atoms with Crippen LogP contribution in [0, 0.1) is 6.92 Å². The van der Waals surface area contributed by atoms with Crippen LogP contribution in [0.4, 0.5) is 5.69 Å². The van der Waals surface area contributed by atoms with Gasteiger partial charge in [0.15, 0.2) is 13.1 Å². The van der Waals surface area contributed by atoms with Gasteiger partial charge in [0, 0.05) is 6.54 Å². The second-order valence-corrected chi connectivity index (χ2v) is 9.02. The lowest BCUT2D eigenvalue weighted by molar-refractivity contribution is -0.874. The average molecular weight is 433 g/mol. The summed E-state index contributed by atoms with van der Waals surface area (Å²) in [7, 11) is 3.63. The topological polar surface area (TPSA) is 84.5 Å². The standard InChI is InChI=1S/C22H29N3O4S/c1-15(2)29-22(28)21-20(16(3)14-30-21)24-19(27)13-25(4,5)12-18(26)23-11-17-9-7-6-8-10-17/h6-10,14-15H,11-13H2,1-5H3,(H-,23,24,26,27,28)/p+1. The van der Waals surface area contributed by atoms with Crippen molar-refractivity contribution in [2.24, 2.45) is 0 Å². The Labute approximate surface area is 181 Å². The van der Waals surface area contributed by atoms with E-state index in [-0.39, 0.29) is 35.5 Å². The van der Waals surface area contributed by atoms with Gasteiger partial charge in [0.2, 0.25) is 0 Å². The molecule has 2 rings (SSSR count). The van der Waals surface area contributed by atoms with Gasteiger partial charge in [-0.05, 0) is 37.3 Å². The lowest BCUT2D eigenvalue weighted by atomic mass is 10.2. The molecule has 0 fully saturated rings. The molecule has 0 bridgehead atoms. The predicted molar refractivity (Wildman–Crippen MR) is 118 cm³/mol. The first-order chi connectivity index (χ1) is 14.1. The molecule has 0 aliphatic rings. The number of hydrogen-bond acceptors (Lipinski definition) is 5. The van der Waals surface area contributed by atoms with E-state index in [9.17, 15) is 14.4 Å². The van der Waals surface area contributed by atoms with E-state index in [2.05, 4.69) is 10.6 Å². The SMILES string of the molecule is Cc1csc(C(=O)OC(C)C)c1NC(=O)C[N+](C)(C)CC(=O)NCc1ccccc1. The molecule has 0 atom stereocenters. The van der Waals surface area contributed by atoms with Crippen LogP contribution in [0.25, 0.3) is 0 Å². The van der Waals surface area contributed by atoms with Gasteiger partial charge in [-0.15, -0.1) is 11.3 Å². The van der Waals surface area contributed by atoms with Crippen molar-refractivity contribution >= 4 is 34.8 Å². The van der Waals surface area contributed by atoms with Gasteiger partial charge in [0.05, 0.1) is 25.9 Å². The summed E-state index contributed by atoms with van der Waals surface area (Å²) >= 11 is 1.24. The molecule has 0 unspecified atom stereocenters. The monoisotopic (exact) mass is 432 g/mol. The minimum absolute atomic E-state index is 0.0900. The van der Waals surface area contributed by atoms with Crippen molar-refractivity contribution in [3.63, 3.8) is 0 Å². The van der Waals surface area contributed by atoms with Crippen molar-refractivity contribution in [2.75, 3.05) is 32.5 Å². The molecule has 0 radical (unpaired) electrons. The van der Waals surface area contributed by atoms with Crippen molar-refractivity contribution < 1.29 is 23.6 Å². The summed E-state index contributed by atoms with van der Waals surface area (Å²) in [4.78, 5) is 37.6. The first-order valence-corrected chi connectivity index (χ1v) is 10.7. The zero-order chi connectivity index (χ0) is 22.3. The number of aryl methyl sites for hydroxylation is 1. The number of anilines is 1. The normalized spacial score (nSPS) is 11.3. The fraction of sp³-hybridized carbons (Fsp3) is 0.409. The number of ether oxygens (including phenoxy) is 1. The highest BCUT2D eigenvalue weighted by atomic mass is 32.1. The van der Waals surface area contributed by atoms with Crippen LogP contribution in [0.1, 0.15) is 34.6 Å².